The van der Waals surface area contributed by atoms with Crippen molar-refractivity contribution >= 4 is 23.5 Å². The van der Waals surface area contributed by atoms with Gasteiger partial charge in [-0.1, -0.05) is 6.07 Å². The van der Waals surface area contributed by atoms with Crippen LogP contribution in [-0.2, 0) is 6.54 Å². The topological polar surface area (TPSA) is 94.5 Å². The lowest BCUT2D eigenvalue weighted by Gasteiger charge is -2.21. The smallest absolute Gasteiger partial charge is 0.254 e. The van der Waals surface area contributed by atoms with Gasteiger partial charge in [0, 0.05) is 46.6 Å². The van der Waals surface area contributed by atoms with Crippen LogP contribution >= 0.6 is 11.8 Å². The number of halogens is 1. The first-order chi connectivity index (χ1) is 15.5. The van der Waals surface area contributed by atoms with Crippen LogP contribution in [0.2, 0.25) is 0 Å². The Labute approximate surface area is 190 Å². The summed E-state index contributed by atoms with van der Waals surface area (Å²) in [5, 5.41) is 0. The number of pyridine rings is 1. The summed E-state index contributed by atoms with van der Waals surface area (Å²) in [6.07, 6.45) is 1.72. The lowest BCUT2D eigenvalue weighted by atomic mass is 10.0. The van der Waals surface area contributed by atoms with E-state index in [9.17, 15) is 9.18 Å². The summed E-state index contributed by atoms with van der Waals surface area (Å²) in [5.74, 6) is 1.24. The number of anilines is 1. The van der Waals surface area contributed by atoms with Crippen LogP contribution in [0, 0.1) is 12.7 Å². The molecular formula is C24H25FN4O2S. The van der Waals surface area contributed by atoms with E-state index < -0.39 is 0 Å². The molecular weight excluding hydrogens is 427 g/mol. The second-order valence-corrected chi connectivity index (χ2v) is 8.69. The summed E-state index contributed by atoms with van der Waals surface area (Å²) in [6.45, 7) is 3.26. The number of nitrogens with zero attached hydrogens (tertiary/aromatic N) is 2. The number of benzene rings is 2. The minimum absolute atomic E-state index is 0.215. The van der Waals surface area contributed by atoms with Crippen LogP contribution in [0.5, 0.6) is 5.75 Å². The van der Waals surface area contributed by atoms with Crippen LogP contribution in [0.1, 0.15) is 21.5 Å². The highest BCUT2D eigenvalue weighted by Gasteiger charge is 2.24. The van der Waals surface area contributed by atoms with Gasteiger partial charge in [0.1, 0.15) is 24.0 Å². The molecule has 2 aromatic carbocycles. The van der Waals surface area contributed by atoms with E-state index in [4.69, 9.17) is 16.2 Å². The standard InChI is InChI=1S/C24H25FN4O2S/c1-15-19(4-6-21(23(15)25)32-11-8-26)24(30)29-9-10-31-20-5-2-16(12-18(20)14-29)17-3-7-22(27)28-13-17/h2-7,12-13H,8-11,14,26H2,1H3,(H2,27,28). The molecule has 4 N–H and O–H groups in total. The molecule has 6 nitrogen and oxygen atoms in total. The van der Waals surface area contributed by atoms with Crippen molar-refractivity contribution in [1.82, 2.24) is 9.88 Å². The number of fused-ring (bicyclic) bond motifs is 1. The zero-order valence-electron chi connectivity index (χ0n) is 17.8. The summed E-state index contributed by atoms with van der Waals surface area (Å²) in [6, 6.07) is 12.9. The third kappa shape index (κ3) is 4.56. The zero-order chi connectivity index (χ0) is 22.7. The number of nitrogen functional groups attached to an aromatic ring is 1. The molecule has 2 heterocycles. The van der Waals surface area contributed by atoms with Crippen LogP contribution in [0.25, 0.3) is 11.1 Å². The highest BCUT2D eigenvalue weighted by Crippen LogP contribution is 2.31. The van der Waals surface area contributed by atoms with Gasteiger partial charge < -0.3 is 21.1 Å². The molecule has 1 aliphatic rings. The van der Waals surface area contributed by atoms with Crippen molar-refractivity contribution in [3.05, 3.63) is 71.2 Å². The van der Waals surface area contributed by atoms with E-state index in [1.165, 1.54) is 11.8 Å². The highest BCUT2D eigenvalue weighted by atomic mass is 32.2. The molecule has 32 heavy (non-hydrogen) atoms. The van der Waals surface area contributed by atoms with Gasteiger partial charge in [-0.2, -0.15) is 0 Å². The molecule has 0 aliphatic carbocycles. The summed E-state index contributed by atoms with van der Waals surface area (Å²) in [7, 11) is 0. The Morgan fingerprint density at radius 1 is 1.22 bits per heavy atom. The second kappa shape index (κ2) is 9.58. The average molecular weight is 453 g/mol. The lowest BCUT2D eigenvalue weighted by Crippen LogP contribution is -2.33. The maximum atomic E-state index is 14.8. The van der Waals surface area contributed by atoms with E-state index in [2.05, 4.69) is 4.98 Å². The number of carbonyl (C=O) groups is 1. The fourth-order valence-electron chi connectivity index (χ4n) is 3.67. The number of ether oxygens (including phenoxy) is 1. The lowest BCUT2D eigenvalue weighted by molar-refractivity contribution is 0.0731. The minimum atomic E-state index is -0.362. The third-order valence-corrected chi connectivity index (χ3v) is 6.47. The van der Waals surface area contributed by atoms with E-state index >= 15 is 0 Å². The summed E-state index contributed by atoms with van der Waals surface area (Å²) >= 11 is 1.35. The highest BCUT2D eigenvalue weighted by molar-refractivity contribution is 7.99. The molecule has 1 aromatic heterocycles. The number of aromatic nitrogens is 1. The number of hydrogen-bond acceptors (Lipinski definition) is 6. The predicted molar refractivity (Wildman–Crippen MR) is 125 cm³/mol. The fourth-order valence-corrected chi connectivity index (χ4v) is 4.45. The molecule has 0 atom stereocenters. The van der Waals surface area contributed by atoms with Gasteiger partial charge >= 0.3 is 0 Å². The van der Waals surface area contributed by atoms with Gasteiger partial charge in [0.2, 0.25) is 0 Å². The van der Waals surface area contributed by atoms with Gasteiger partial charge in [-0.05, 0) is 54.4 Å². The van der Waals surface area contributed by atoms with E-state index in [0.717, 1.165) is 22.4 Å². The van der Waals surface area contributed by atoms with Gasteiger partial charge in [-0.15, -0.1) is 11.8 Å². The van der Waals surface area contributed by atoms with Crippen molar-refractivity contribution in [1.29, 1.82) is 0 Å². The first kappa shape index (κ1) is 22.1. The fraction of sp³-hybridized carbons (Fsp3) is 0.250. The van der Waals surface area contributed by atoms with Crippen molar-refractivity contribution in [3.8, 4) is 16.9 Å². The summed E-state index contributed by atoms with van der Waals surface area (Å²) in [4.78, 5) is 19.7. The predicted octanol–water partition coefficient (Wildman–Crippen LogP) is 3.86. The molecule has 0 bridgehead atoms. The van der Waals surface area contributed by atoms with E-state index in [-0.39, 0.29) is 11.7 Å². The first-order valence-corrected chi connectivity index (χ1v) is 11.4. The molecule has 0 unspecified atom stereocenters. The van der Waals surface area contributed by atoms with Crippen molar-refractivity contribution in [2.75, 3.05) is 31.2 Å². The molecule has 0 fully saturated rings. The van der Waals surface area contributed by atoms with Crippen molar-refractivity contribution < 1.29 is 13.9 Å². The Morgan fingerprint density at radius 2 is 2.03 bits per heavy atom. The third-order valence-electron chi connectivity index (χ3n) is 5.40. The van der Waals surface area contributed by atoms with Crippen LogP contribution < -0.4 is 16.2 Å². The Bertz CT molecular complexity index is 1140. The van der Waals surface area contributed by atoms with Crippen LogP contribution in [0.15, 0.2) is 53.6 Å². The number of rotatable bonds is 5. The molecule has 0 radical (unpaired) electrons. The number of amides is 1. The molecule has 3 aromatic rings. The zero-order valence-corrected chi connectivity index (χ0v) is 18.6. The van der Waals surface area contributed by atoms with Crippen molar-refractivity contribution in [3.63, 3.8) is 0 Å². The molecule has 0 saturated carbocycles. The first-order valence-electron chi connectivity index (χ1n) is 10.4. The molecule has 166 valence electrons. The Morgan fingerprint density at radius 3 is 2.78 bits per heavy atom. The summed E-state index contributed by atoms with van der Waals surface area (Å²) < 4.78 is 20.7. The van der Waals surface area contributed by atoms with Crippen molar-refractivity contribution in [2.24, 2.45) is 5.73 Å². The van der Waals surface area contributed by atoms with Crippen LogP contribution in [0.4, 0.5) is 10.2 Å². The normalized spacial score (nSPS) is 13.3. The summed E-state index contributed by atoms with van der Waals surface area (Å²) in [5.41, 5.74) is 14.7. The minimum Gasteiger partial charge on any atom is -0.491 e. The number of carbonyl (C=O) groups excluding carboxylic acids is 1. The Hall–Kier alpha value is -3.10. The largest absolute Gasteiger partial charge is 0.491 e. The van der Waals surface area contributed by atoms with Crippen molar-refractivity contribution in [2.45, 2.75) is 18.4 Å². The van der Waals surface area contributed by atoms with Gasteiger partial charge in [-0.3, -0.25) is 4.79 Å². The van der Waals surface area contributed by atoms with Crippen LogP contribution in [-0.4, -0.2) is 41.2 Å². The van der Waals surface area contributed by atoms with E-state index in [0.29, 0.717) is 53.8 Å². The molecule has 8 heteroatoms. The average Bonchev–Trinajstić information content (AvgIpc) is 3.02. The Balaban J connectivity index is 1.60. The van der Waals surface area contributed by atoms with E-state index in [1.807, 2.05) is 24.3 Å². The molecule has 1 aliphatic heterocycles. The van der Waals surface area contributed by atoms with E-state index in [1.54, 1.807) is 36.2 Å². The maximum Gasteiger partial charge on any atom is 0.254 e. The van der Waals surface area contributed by atoms with Crippen LogP contribution in [0.3, 0.4) is 0 Å². The number of nitrogens with two attached hydrogens (primary N) is 2. The molecule has 0 spiro atoms. The quantitative estimate of drug-likeness (QED) is 0.571. The van der Waals surface area contributed by atoms with Gasteiger partial charge in [0.15, 0.2) is 0 Å². The maximum absolute atomic E-state index is 14.8. The Kier molecular flexibility index (Phi) is 6.62. The van der Waals surface area contributed by atoms with Gasteiger partial charge in [0.25, 0.3) is 5.91 Å². The van der Waals surface area contributed by atoms with Gasteiger partial charge in [0.05, 0.1) is 6.54 Å². The second-order valence-electron chi connectivity index (χ2n) is 7.56. The number of thioether (sulfide) groups is 1. The molecule has 1 amide bonds. The number of hydrogen-bond donors (Lipinski definition) is 2. The SMILES string of the molecule is Cc1c(C(=O)N2CCOc3ccc(-c4ccc(N)nc4)cc3C2)ccc(SCCN)c1F. The monoisotopic (exact) mass is 452 g/mol. The van der Waals surface area contributed by atoms with Gasteiger partial charge in [-0.25, -0.2) is 9.37 Å². The molecule has 4 rings (SSSR count). The molecule has 0 saturated heterocycles.